The number of hydrogen-bond acceptors (Lipinski definition) is 12. The first-order valence-electron chi connectivity index (χ1n) is 22.5. The molecule has 69 heavy (non-hydrogen) atoms. The molecule has 0 saturated carbocycles. The van der Waals surface area contributed by atoms with Crippen LogP contribution in [0.15, 0.2) is 147 Å². The van der Waals surface area contributed by atoms with Gasteiger partial charge in [-0.15, -0.1) is 0 Å². The van der Waals surface area contributed by atoms with E-state index in [4.69, 9.17) is 9.53 Å². The zero-order valence-electron chi connectivity index (χ0n) is 38.2. The normalized spacial score (nSPS) is 14.1. The quantitative estimate of drug-likeness (QED) is 0.0737. The molecule has 6 aromatic heterocycles. The van der Waals surface area contributed by atoms with Crippen LogP contribution in [0.4, 0.5) is 0 Å². The SMILES string of the molecule is CC(C)(C)[Si](OCCCn1cc(C2=C(c3cnccn3)C(=O)NC2=O)c2cccnc21)(c1ccccc1)c1ccccc1.O=C1NC(=O)C(c2cn(CCCO)c3ncccc23)=C1c1cnccn1. The van der Waals surface area contributed by atoms with E-state index in [2.05, 4.69) is 110 Å². The number of pyridine rings is 2. The summed E-state index contributed by atoms with van der Waals surface area (Å²) in [6, 6.07) is 28.6. The number of amides is 4. The second-order valence-electron chi connectivity index (χ2n) is 17.4. The molecule has 3 N–H and O–H groups in total. The second-order valence-corrected chi connectivity index (χ2v) is 21.7. The van der Waals surface area contributed by atoms with Gasteiger partial charge in [-0.05, 0) is 52.5 Å². The summed E-state index contributed by atoms with van der Waals surface area (Å²) >= 11 is 0. The summed E-state index contributed by atoms with van der Waals surface area (Å²) in [7, 11) is -2.66. The highest BCUT2D eigenvalue weighted by Crippen LogP contribution is 2.38. The number of benzene rings is 2. The molecule has 2 aliphatic rings. The topological polar surface area (TPSA) is 209 Å². The van der Waals surface area contributed by atoms with E-state index in [0.717, 1.165) is 22.8 Å². The van der Waals surface area contributed by atoms with Crippen molar-refractivity contribution in [1.29, 1.82) is 0 Å². The lowest BCUT2D eigenvalue weighted by atomic mass is 10.00. The Morgan fingerprint density at radius 1 is 0.551 bits per heavy atom. The molecule has 2 aliphatic heterocycles. The van der Waals surface area contributed by atoms with Crippen LogP contribution in [0.1, 0.15) is 56.1 Å². The molecule has 8 aromatic rings. The van der Waals surface area contributed by atoms with Crippen molar-refractivity contribution in [2.24, 2.45) is 0 Å². The molecule has 0 spiro atoms. The van der Waals surface area contributed by atoms with E-state index in [0.29, 0.717) is 54.3 Å². The van der Waals surface area contributed by atoms with E-state index >= 15 is 0 Å². The lowest BCUT2D eigenvalue weighted by Gasteiger charge is -2.43. The maximum absolute atomic E-state index is 13.1. The van der Waals surface area contributed by atoms with Crippen molar-refractivity contribution < 1.29 is 28.7 Å². The van der Waals surface area contributed by atoms with Gasteiger partial charge in [-0.3, -0.25) is 49.7 Å². The molecule has 16 nitrogen and oxygen atoms in total. The number of aliphatic hydroxyl groups is 1. The highest BCUT2D eigenvalue weighted by Gasteiger charge is 2.50. The monoisotopic (exact) mass is 936 g/mol. The van der Waals surface area contributed by atoms with Gasteiger partial charge in [0.15, 0.2) is 0 Å². The minimum Gasteiger partial charge on any atom is -0.407 e. The number of aryl methyl sites for hydroxylation is 2. The molecule has 17 heteroatoms. The Hall–Kier alpha value is -8.12. The van der Waals surface area contributed by atoms with Crippen LogP contribution in [0, 0.1) is 0 Å². The highest BCUT2D eigenvalue weighted by atomic mass is 28.4. The number of rotatable bonds is 14. The predicted molar refractivity (Wildman–Crippen MR) is 263 cm³/mol. The minimum absolute atomic E-state index is 0.0500. The molecule has 0 atom stereocenters. The first kappa shape index (κ1) is 46.0. The van der Waals surface area contributed by atoms with Crippen molar-refractivity contribution in [3.8, 4) is 0 Å². The number of fused-ring (bicyclic) bond motifs is 2. The first-order chi connectivity index (χ1) is 33.5. The third-order valence-electron chi connectivity index (χ3n) is 12.1. The summed E-state index contributed by atoms with van der Waals surface area (Å²) in [5.41, 5.74) is 4.33. The zero-order valence-corrected chi connectivity index (χ0v) is 39.2. The average molecular weight is 937 g/mol. The van der Waals surface area contributed by atoms with Gasteiger partial charge in [0, 0.05) is 97.8 Å². The van der Waals surface area contributed by atoms with Crippen molar-refractivity contribution >= 4 is 86.7 Å². The van der Waals surface area contributed by atoms with Crippen molar-refractivity contribution in [3.05, 3.63) is 169 Å². The fraction of sp³-hybridized carbons (Fsp3) is 0.192. The number of nitrogens with one attached hydrogen (secondary N) is 2. The van der Waals surface area contributed by atoms with Gasteiger partial charge in [0.2, 0.25) is 0 Å². The second kappa shape index (κ2) is 19.6. The van der Waals surface area contributed by atoms with Crippen molar-refractivity contribution in [2.75, 3.05) is 13.2 Å². The molecule has 0 radical (unpaired) electrons. The van der Waals surface area contributed by atoms with Gasteiger partial charge in [-0.2, -0.15) is 0 Å². The summed E-state index contributed by atoms with van der Waals surface area (Å²) in [5.74, 6) is -1.90. The Bertz CT molecular complexity index is 3240. The molecule has 0 aliphatic carbocycles. The number of imide groups is 2. The molecule has 0 unspecified atom stereocenters. The molecular formula is C52H48N10O6Si. The van der Waals surface area contributed by atoms with Crippen LogP contribution in [-0.4, -0.2) is 89.3 Å². The Balaban J connectivity index is 0.000000194. The van der Waals surface area contributed by atoms with E-state index < -0.39 is 31.9 Å². The minimum atomic E-state index is -2.66. The molecule has 10 rings (SSSR count). The number of nitrogens with zero attached hydrogens (tertiary/aromatic N) is 8. The third kappa shape index (κ3) is 8.81. The van der Waals surface area contributed by atoms with Crippen LogP contribution >= 0.6 is 0 Å². The molecule has 346 valence electrons. The molecule has 0 fully saturated rings. The Morgan fingerprint density at radius 2 is 1.00 bits per heavy atom. The third-order valence-corrected chi connectivity index (χ3v) is 17.2. The predicted octanol–water partition coefficient (Wildman–Crippen LogP) is 5.14. The summed E-state index contributed by atoms with van der Waals surface area (Å²) in [5, 5.41) is 17.8. The Kier molecular flexibility index (Phi) is 13.1. The van der Waals surface area contributed by atoms with E-state index in [9.17, 15) is 19.2 Å². The summed E-state index contributed by atoms with van der Waals surface area (Å²) in [6.45, 7) is 8.57. The van der Waals surface area contributed by atoms with E-state index in [1.807, 2.05) is 45.7 Å². The molecule has 0 saturated heterocycles. The first-order valence-corrected chi connectivity index (χ1v) is 24.4. The van der Waals surface area contributed by atoms with Crippen LogP contribution in [-0.2, 0) is 36.7 Å². The number of hydrogen-bond donors (Lipinski definition) is 3. The Morgan fingerprint density at radius 3 is 1.42 bits per heavy atom. The molecule has 4 amide bonds. The number of aromatic nitrogens is 8. The lowest BCUT2D eigenvalue weighted by molar-refractivity contribution is -0.124. The maximum atomic E-state index is 13.1. The van der Waals surface area contributed by atoms with Gasteiger partial charge in [-0.25, -0.2) is 9.97 Å². The molecule has 2 aromatic carbocycles. The van der Waals surface area contributed by atoms with Gasteiger partial charge in [0.1, 0.15) is 11.3 Å². The van der Waals surface area contributed by atoms with E-state index in [1.54, 1.807) is 24.7 Å². The molecule has 8 heterocycles. The number of carbonyl (C=O) groups is 4. The van der Waals surface area contributed by atoms with Crippen LogP contribution in [0.2, 0.25) is 5.04 Å². The largest absolute Gasteiger partial charge is 0.407 e. The summed E-state index contributed by atoms with van der Waals surface area (Å²) in [4.78, 5) is 76.4. The van der Waals surface area contributed by atoms with E-state index in [1.165, 1.54) is 47.6 Å². The number of aliphatic hydroxyl groups excluding tert-OH is 1. The molecule has 0 bridgehead atoms. The van der Waals surface area contributed by atoms with Gasteiger partial charge >= 0.3 is 0 Å². The van der Waals surface area contributed by atoms with Gasteiger partial charge < -0.3 is 18.7 Å². The van der Waals surface area contributed by atoms with Crippen molar-refractivity contribution in [1.82, 2.24) is 49.7 Å². The lowest BCUT2D eigenvalue weighted by Crippen LogP contribution is -2.66. The highest BCUT2D eigenvalue weighted by molar-refractivity contribution is 6.99. The van der Waals surface area contributed by atoms with Gasteiger partial charge in [0.25, 0.3) is 31.9 Å². The van der Waals surface area contributed by atoms with Gasteiger partial charge in [0.05, 0.1) is 46.1 Å². The molecular weight excluding hydrogens is 889 g/mol. The fourth-order valence-corrected chi connectivity index (χ4v) is 13.8. The average Bonchev–Trinajstić information content (AvgIpc) is 4.10. The van der Waals surface area contributed by atoms with Crippen molar-refractivity contribution in [3.63, 3.8) is 0 Å². The van der Waals surface area contributed by atoms with Gasteiger partial charge in [-0.1, -0.05) is 81.4 Å². The smallest absolute Gasteiger partial charge is 0.261 e. The van der Waals surface area contributed by atoms with Crippen LogP contribution < -0.4 is 21.0 Å². The van der Waals surface area contributed by atoms with Crippen molar-refractivity contribution in [2.45, 2.75) is 51.7 Å². The maximum Gasteiger partial charge on any atom is 0.261 e. The standard InChI is InChI=1S/C34H33N5O3Si.C18H15N5O3/c1-34(2,3)43(24-12-6-4-7-13-24,25-14-8-5-9-15-25)42-21-11-20-39-23-27(26-16-10-17-37-31(26)39)29-30(33(41)38-32(29)40)28-22-35-18-19-36-28;24-8-2-7-23-10-12(11-3-1-4-21-16(11)23)14-15(18(26)22-17(14)25)13-9-19-5-6-20-13/h4-10,12-19,22-23H,11,20-21H2,1-3H3,(H,38,40,41);1,3-6,9-10,24H,2,7-8H2,(H,22,25,26). The fourth-order valence-electron chi connectivity index (χ4n) is 9.22. The zero-order chi connectivity index (χ0) is 48.1. The summed E-state index contributed by atoms with van der Waals surface area (Å²) in [6.07, 6.45) is 17.3. The summed E-state index contributed by atoms with van der Waals surface area (Å²) < 4.78 is 11.0. The van der Waals surface area contributed by atoms with Crippen LogP contribution in [0.5, 0.6) is 0 Å². The number of carbonyl (C=O) groups excluding carboxylic acids is 4. The Labute approximate surface area is 398 Å². The van der Waals surface area contributed by atoms with E-state index in [-0.39, 0.29) is 33.9 Å². The van der Waals surface area contributed by atoms with Crippen LogP contribution in [0.3, 0.4) is 0 Å². The van der Waals surface area contributed by atoms with Crippen LogP contribution in [0.25, 0.3) is 44.4 Å².